The van der Waals surface area contributed by atoms with Crippen molar-refractivity contribution >= 4 is 5.91 Å². The van der Waals surface area contributed by atoms with Crippen molar-refractivity contribution in [1.82, 2.24) is 4.90 Å². The molecular formula is C13H20N2O. The molecule has 1 saturated carbocycles. The van der Waals surface area contributed by atoms with E-state index in [0.29, 0.717) is 11.8 Å². The average molecular weight is 220 g/mol. The van der Waals surface area contributed by atoms with Gasteiger partial charge >= 0.3 is 0 Å². The second-order valence-corrected chi connectivity index (χ2v) is 5.40. The van der Waals surface area contributed by atoms with E-state index in [1.165, 1.54) is 0 Å². The molecule has 3 heteroatoms. The fourth-order valence-corrected chi connectivity index (χ4v) is 2.94. The van der Waals surface area contributed by atoms with Crippen molar-refractivity contribution in [2.75, 3.05) is 13.1 Å². The van der Waals surface area contributed by atoms with Crippen LogP contribution in [0.5, 0.6) is 0 Å². The number of hydrogen-bond acceptors (Lipinski definition) is 2. The van der Waals surface area contributed by atoms with Crippen LogP contribution >= 0.6 is 0 Å². The molecular weight excluding hydrogens is 200 g/mol. The van der Waals surface area contributed by atoms with E-state index in [9.17, 15) is 4.79 Å². The SMILES string of the molecule is CC[C@H]1CN(C(=O)C2(C#N)CCC2)C[C@H]1C. The van der Waals surface area contributed by atoms with Gasteiger partial charge in [0.15, 0.2) is 0 Å². The van der Waals surface area contributed by atoms with Crippen molar-refractivity contribution in [3.05, 3.63) is 0 Å². The Labute approximate surface area is 97.4 Å². The molecule has 1 saturated heterocycles. The van der Waals surface area contributed by atoms with Gasteiger partial charge in [-0.15, -0.1) is 0 Å². The van der Waals surface area contributed by atoms with Crippen molar-refractivity contribution in [1.29, 1.82) is 5.26 Å². The lowest BCUT2D eigenvalue weighted by Gasteiger charge is -2.36. The van der Waals surface area contributed by atoms with Gasteiger partial charge in [-0.05, 0) is 31.1 Å². The van der Waals surface area contributed by atoms with Crippen LogP contribution in [0.3, 0.4) is 0 Å². The summed E-state index contributed by atoms with van der Waals surface area (Å²) in [5.41, 5.74) is -0.650. The van der Waals surface area contributed by atoms with Gasteiger partial charge in [0, 0.05) is 13.1 Å². The van der Waals surface area contributed by atoms with E-state index in [2.05, 4.69) is 19.9 Å². The van der Waals surface area contributed by atoms with Gasteiger partial charge in [-0.25, -0.2) is 0 Å². The number of rotatable bonds is 2. The topological polar surface area (TPSA) is 44.1 Å². The van der Waals surface area contributed by atoms with Crippen LogP contribution in [0.4, 0.5) is 0 Å². The molecule has 2 aliphatic rings. The first kappa shape index (κ1) is 11.4. The molecule has 0 bridgehead atoms. The molecule has 88 valence electrons. The second kappa shape index (κ2) is 4.08. The molecule has 1 amide bonds. The maximum atomic E-state index is 12.3. The summed E-state index contributed by atoms with van der Waals surface area (Å²) >= 11 is 0. The molecule has 2 fully saturated rings. The number of likely N-dealkylation sites (tertiary alicyclic amines) is 1. The van der Waals surface area contributed by atoms with Crippen LogP contribution in [0, 0.1) is 28.6 Å². The first-order valence-electron chi connectivity index (χ1n) is 6.33. The van der Waals surface area contributed by atoms with E-state index in [1.54, 1.807) is 0 Å². The Bertz CT molecular complexity index is 327. The van der Waals surface area contributed by atoms with Crippen molar-refractivity contribution in [2.45, 2.75) is 39.5 Å². The molecule has 0 aromatic heterocycles. The van der Waals surface area contributed by atoms with Gasteiger partial charge < -0.3 is 4.90 Å². The van der Waals surface area contributed by atoms with Crippen molar-refractivity contribution in [2.24, 2.45) is 17.3 Å². The predicted molar refractivity (Wildman–Crippen MR) is 61.4 cm³/mol. The van der Waals surface area contributed by atoms with Crippen LogP contribution in [0.15, 0.2) is 0 Å². The third-order valence-electron chi connectivity index (χ3n) is 4.41. The highest BCUT2D eigenvalue weighted by Gasteiger charge is 2.48. The minimum Gasteiger partial charge on any atom is -0.341 e. The Morgan fingerprint density at radius 2 is 2.19 bits per heavy atom. The standard InChI is InChI=1S/C13H20N2O/c1-3-11-8-15(7-10(11)2)12(16)13(9-14)5-4-6-13/h10-11H,3-8H2,1-2H3/t10-,11+/m1/s1. The molecule has 0 spiro atoms. The summed E-state index contributed by atoms with van der Waals surface area (Å²) in [6, 6.07) is 2.25. The Morgan fingerprint density at radius 1 is 1.50 bits per heavy atom. The van der Waals surface area contributed by atoms with Crippen LogP contribution in [0.25, 0.3) is 0 Å². The second-order valence-electron chi connectivity index (χ2n) is 5.40. The molecule has 0 radical (unpaired) electrons. The first-order valence-corrected chi connectivity index (χ1v) is 6.33. The van der Waals surface area contributed by atoms with E-state index in [4.69, 9.17) is 5.26 Å². The average Bonchev–Trinajstić information content (AvgIpc) is 2.58. The minimum atomic E-state index is -0.650. The first-order chi connectivity index (χ1) is 7.63. The molecule has 2 atom stereocenters. The van der Waals surface area contributed by atoms with Gasteiger partial charge in [0.2, 0.25) is 5.91 Å². The maximum absolute atomic E-state index is 12.3. The predicted octanol–water partition coefficient (Wildman–Crippen LogP) is 2.18. The smallest absolute Gasteiger partial charge is 0.243 e. The zero-order valence-electron chi connectivity index (χ0n) is 10.2. The van der Waals surface area contributed by atoms with E-state index in [-0.39, 0.29) is 5.91 Å². The fourth-order valence-electron chi connectivity index (χ4n) is 2.94. The number of amides is 1. The summed E-state index contributed by atoms with van der Waals surface area (Å²) in [6.07, 6.45) is 3.69. The monoisotopic (exact) mass is 220 g/mol. The number of nitrogens with zero attached hydrogens (tertiary/aromatic N) is 2. The van der Waals surface area contributed by atoms with Crippen LogP contribution in [0.1, 0.15) is 39.5 Å². The molecule has 0 aromatic rings. The lowest BCUT2D eigenvalue weighted by molar-refractivity contribution is -0.142. The number of carbonyl (C=O) groups excluding carboxylic acids is 1. The number of hydrogen-bond donors (Lipinski definition) is 0. The van der Waals surface area contributed by atoms with Crippen molar-refractivity contribution in [3.8, 4) is 6.07 Å². The van der Waals surface area contributed by atoms with Crippen LogP contribution < -0.4 is 0 Å². The van der Waals surface area contributed by atoms with Gasteiger partial charge in [0.05, 0.1) is 6.07 Å². The fraction of sp³-hybridized carbons (Fsp3) is 0.846. The van der Waals surface area contributed by atoms with Crippen molar-refractivity contribution in [3.63, 3.8) is 0 Å². The molecule has 16 heavy (non-hydrogen) atoms. The molecule has 1 aliphatic heterocycles. The summed E-state index contributed by atoms with van der Waals surface area (Å²) in [4.78, 5) is 14.2. The molecule has 1 heterocycles. The number of carbonyl (C=O) groups is 1. The lowest BCUT2D eigenvalue weighted by atomic mass is 9.69. The van der Waals surface area contributed by atoms with Gasteiger partial charge in [0.1, 0.15) is 5.41 Å². The molecule has 0 aromatic carbocycles. The third kappa shape index (κ3) is 1.61. The normalized spacial score (nSPS) is 31.9. The van der Waals surface area contributed by atoms with Crippen molar-refractivity contribution < 1.29 is 4.79 Å². The lowest BCUT2D eigenvalue weighted by Crippen LogP contribution is -2.46. The Morgan fingerprint density at radius 3 is 2.56 bits per heavy atom. The van der Waals surface area contributed by atoms with Crippen LogP contribution in [-0.2, 0) is 4.79 Å². The maximum Gasteiger partial charge on any atom is 0.243 e. The molecule has 0 unspecified atom stereocenters. The zero-order valence-corrected chi connectivity index (χ0v) is 10.2. The van der Waals surface area contributed by atoms with E-state index < -0.39 is 5.41 Å². The Kier molecular flexibility index (Phi) is 2.92. The summed E-state index contributed by atoms with van der Waals surface area (Å²) in [5.74, 6) is 1.31. The number of nitriles is 1. The van der Waals surface area contributed by atoms with Crippen LogP contribution in [0.2, 0.25) is 0 Å². The Hall–Kier alpha value is -1.04. The summed E-state index contributed by atoms with van der Waals surface area (Å²) in [6.45, 7) is 6.10. The quantitative estimate of drug-likeness (QED) is 0.716. The summed E-state index contributed by atoms with van der Waals surface area (Å²) < 4.78 is 0. The highest BCUT2D eigenvalue weighted by molar-refractivity contribution is 5.86. The largest absolute Gasteiger partial charge is 0.341 e. The summed E-state index contributed by atoms with van der Waals surface area (Å²) in [5, 5.41) is 9.16. The highest BCUT2D eigenvalue weighted by Crippen LogP contribution is 2.43. The van der Waals surface area contributed by atoms with Crippen LogP contribution in [-0.4, -0.2) is 23.9 Å². The van der Waals surface area contributed by atoms with E-state index in [1.807, 2.05) is 4.90 Å². The van der Waals surface area contributed by atoms with Gasteiger partial charge in [-0.1, -0.05) is 20.3 Å². The minimum absolute atomic E-state index is 0.101. The molecule has 1 aliphatic carbocycles. The van der Waals surface area contributed by atoms with E-state index in [0.717, 1.165) is 38.8 Å². The Balaban J connectivity index is 2.05. The molecule has 0 N–H and O–H groups in total. The highest BCUT2D eigenvalue weighted by atomic mass is 16.2. The molecule has 2 rings (SSSR count). The van der Waals surface area contributed by atoms with Gasteiger partial charge in [-0.3, -0.25) is 4.79 Å². The van der Waals surface area contributed by atoms with E-state index >= 15 is 0 Å². The van der Waals surface area contributed by atoms with Gasteiger partial charge in [-0.2, -0.15) is 5.26 Å². The third-order valence-corrected chi connectivity index (χ3v) is 4.41. The zero-order chi connectivity index (χ0) is 11.8. The summed E-state index contributed by atoms with van der Waals surface area (Å²) in [7, 11) is 0. The molecule has 3 nitrogen and oxygen atoms in total. The van der Waals surface area contributed by atoms with Gasteiger partial charge in [0.25, 0.3) is 0 Å².